The smallest absolute Gasteiger partial charge is 0.301 e. The maximum absolute atomic E-state index is 16.6. The Morgan fingerprint density at radius 2 is 1.67 bits per heavy atom. The van der Waals surface area contributed by atoms with Gasteiger partial charge in [-0.25, -0.2) is 0 Å². The quantitative estimate of drug-likeness (QED) is 0.272. The number of aryl methyl sites for hydroxylation is 1. The number of benzene rings is 3. The lowest BCUT2D eigenvalue weighted by atomic mass is 9.74. The number of carbonyl (C=O) groups is 2. The number of carbonyl (C=O) groups excluding carboxylic acids is 2. The Balaban J connectivity index is 1.79. The van der Waals surface area contributed by atoms with Gasteiger partial charge in [-0.15, -0.1) is 0 Å². The summed E-state index contributed by atoms with van der Waals surface area (Å²) in [4.78, 5) is 26.8. The summed E-state index contributed by atoms with van der Waals surface area (Å²) in [6.07, 6.45) is 1.83. The molecule has 4 rings (SSSR count). The summed E-state index contributed by atoms with van der Waals surface area (Å²) in [5.41, 5.74) is -1.79. The lowest BCUT2D eigenvalue weighted by molar-refractivity contribution is -0.129. The first kappa shape index (κ1) is 27.5. The normalized spacial score (nSPS) is 18.2. The van der Waals surface area contributed by atoms with Gasteiger partial charge in [0.05, 0.1) is 18.2 Å². The third-order valence-electron chi connectivity index (χ3n) is 6.82. The van der Waals surface area contributed by atoms with E-state index in [9.17, 15) is 9.59 Å². The van der Waals surface area contributed by atoms with Gasteiger partial charge in [0.2, 0.25) is 0 Å². The molecule has 39 heavy (non-hydrogen) atoms. The topological polar surface area (TPSA) is 91.2 Å². The molecule has 1 heterocycles. The lowest BCUT2D eigenvalue weighted by Gasteiger charge is -2.44. The fourth-order valence-electron chi connectivity index (χ4n) is 4.45. The predicted molar refractivity (Wildman–Crippen MR) is 145 cm³/mol. The number of nitrogens with one attached hydrogen (secondary N) is 2. The summed E-state index contributed by atoms with van der Waals surface area (Å²) in [6.45, 7) is 5.62. The van der Waals surface area contributed by atoms with Crippen LogP contribution in [0.1, 0.15) is 48.9 Å². The Hall–Kier alpha value is -4.51. The molecule has 1 aliphatic rings. The van der Waals surface area contributed by atoms with E-state index in [2.05, 4.69) is 10.6 Å². The van der Waals surface area contributed by atoms with Gasteiger partial charge in [0.1, 0.15) is 16.9 Å². The zero-order chi connectivity index (χ0) is 28.2. The van der Waals surface area contributed by atoms with E-state index in [0.29, 0.717) is 17.9 Å². The van der Waals surface area contributed by atoms with Crippen LogP contribution in [0.15, 0.2) is 78.4 Å². The van der Waals surface area contributed by atoms with Crippen LogP contribution in [0.3, 0.4) is 0 Å². The first-order chi connectivity index (χ1) is 18.6. The molecular weight excluding hydrogens is 500 g/mol. The molecule has 2 amide bonds. The molecule has 3 aromatic carbocycles. The third-order valence-corrected chi connectivity index (χ3v) is 6.82. The molecule has 1 atom stereocenters. The Labute approximate surface area is 226 Å². The molecule has 0 spiro atoms. The van der Waals surface area contributed by atoms with E-state index in [1.165, 1.54) is 55.5 Å². The zero-order valence-electron chi connectivity index (χ0n) is 22.0. The first-order valence-corrected chi connectivity index (χ1v) is 12.7. The van der Waals surface area contributed by atoms with Crippen LogP contribution >= 0.6 is 0 Å². The van der Waals surface area contributed by atoms with E-state index in [4.69, 9.17) is 10.00 Å². The third kappa shape index (κ3) is 5.39. The minimum Gasteiger partial charge on any atom is -0.494 e. The molecule has 0 saturated heterocycles. The number of amides is 2. The lowest BCUT2D eigenvalue weighted by Crippen LogP contribution is -2.61. The van der Waals surface area contributed by atoms with Crippen molar-refractivity contribution in [1.29, 1.82) is 5.26 Å². The molecule has 0 bridgehead atoms. The average molecular weight is 530 g/mol. The molecular formula is C31H29F2N3O3. The number of halogens is 2. The van der Waals surface area contributed by atoms with Crippen LogP contribution < -0.4 is 15.4 Å². The van der Waals surface area contributed by atoms with Crippen LogP contribution in [0.4, 0.5) is 14.5 Å². The standard InChI is InChI=1S/C31H29F2N3O3/c1-4-5-18-39-25-16-12-23(13-17-25)30(3)31(32,33)27(22-10-6-20(2)7-11-22)26(29(38)36-30)28(37)35-24-14-8-21(19-34)9-15-24/h6-17H,4-5,18H2,1-3H3,(H,35,37)(H,36,38). The highest BCUT2D eigenvalue weighted by molar-refractivity contribution is 6.29. The van der Waals surface area contributed by atoms with Crippen molar-refractivity contribution in [2.24, 2.45) is 0 Å². The van der Waals surface area contributed by atoms with Crippen molar-refractivity contribution >= 4 is 23.1 Å². The molecule has 200 valence electrons. The molecule has 0 radical (unpaired) electrons. The summed E-state index contributed by atoms with van der Waals surface area (Å²) in [6, 6.07) is 20.3. The summed E-state index contributed by atoms with van der Waals surface area (Å²) < 4.78 is 38.9. The maximum atomic E-state index is 16.6. The second-order valence-corrected chi connectivity index (χ2v) is 9.64. The first-order valence-electron chi connectivity index (χ1n) is 12.7. The fraction of sp³-hybridized carbons (Fsp3) is 0.258. The van der Waals surface area contributed by atoms with Gasteiger partial charge < -0.3 is 15.4 Å². The highest BCUT2D eigenvalue weighted by atomic mass is 19.3. The van der Waals surface area contributed by atoms with Gasteiger partial charge in [-0.3, -0.25) is 9.59 Å². The van der Waals surface area contributed by atoms with Crippen molar-refractivity contribution in [1.82, 2.24) is 5.32 Å². The number of hydrogen-bond acceptors (Lipinski definition) is 4. The number of alkyl halides is 2. The molecule has 6 nitrogen and oxygen atoms in total. The van der Waals surface area contributed by atoms with Crippen molar-refractivity contribution in [2.75, 3.05) is 11.9 Å². The fourth-order valence-corrected chi connectivity index (χ4v) is 4.45. The molecule has 2 N–H and O–H groups in total. The molecule has 0 aliphatic carbocycles. The van der Waals surface area contributed by atoms with Gasteiger partial charge in [-0.2, -0.15) is 14.0 Å². The number of nitriles is 1. The number of anilines is 1. The molecule has 1 unspecified atom stereocenters. The summed E-state index contributed by atoms with van der Waals surface area (Å²) >= 11 is 0. The van der Waals surface area contributed by atoms with Crippen LogP contribution in [-0.2, 0) is 15.1 Å². The van der Waals surface area contributed by atoms with Crippen LogP contribution in [-0.4, -0.2) is 24.3 Å². The SMILES string of the molecule is CCCCOc1ccc(C2(C)NC(=O)C(C(=O)Nc3ccc(C#N)cc3)=C(c3ccc(C)cc3)C2(F)F)cc1. The van der Waals surface area contributed by atoms with E-state index >= 15 is 8.78 Å². The monoisotopic (exact) mass is 529 g/mol. The molecule has 1 aliphatic heterocycles. The van der Waals surface area contributed by atoms with E-state index < -0.39 is 34.4 Å². The summed E-state index contributed by atoms with van der Waals surface area (Å²) in [5.74, 6) is -5.04. The zero-order valence-corrected chi connectivity index (χ0v) is 22.0. The van der Waals surface area contributed by atoms with Gasteiger partial charge in [0.15, 0.2) is 0 Å². The molecule has 3 aromatic rings. The Morgan fingerprint density at radius 1 is 1.03 bits per heavy atom. The molecule has 0 saturated carbocycles. The van der Waals surface area contributed by atoms with E-state index in [-0.39, 0.29) is 16.8 Å². The Kier molecular flexibility index (Phi) is 7.82. The van der Waals surface area contributed by atoms with Crippen molar-refractivity contribution in [3.63, 3.8) is 0 Å². The number of nitrogens with zero attached hydrogens (tertiary/aromatic N) is 1. The van der Waals surface area contributed by atoms with Crippen molar-refractivity contribution in [2.45, 2.75) is 45.1 Å². The van der Waals surface area contributed by atoms with Crippen molar-refractivity contribution < 1.29 is 23.1 Å². The van der Waals surface area contributed by atoms with Crippen LogP contribution in [0, 0.1) is 18.3 Å². The maximum Gasteiger partial charge on any atom is 0.301 e. The van der Waals surface area contributed by atoms with Gasteiger partial charge >= 0.3 is 5.92 Å². The molecule has 0 fully saturated rings. The van der Waals surface area contributed by atoms with Crippen molar-refractivity contribution in [3.05, 3.63) is 101 Å². The van der Waals surface area contributed by atoms with Gasteiger partial charge in [0, 0.05) is 11.3 Å². The molecule has 0 aromatic heterocycles. The second-order valence-electron chi connectivity index (χ2n) is 9.64. The highest BCUT2D eigenvalue weighted by Gasteiger charge is 2.60. The average Bonchev–Trinajstić information content (AvgIpc) is 2.92. The minimum absolute atomic E-state index is 0.0659. The number of unbranched alkanes of at least 4 members (excludes halogenated alkanes) is 1. The number of hydrogen-bond donors (Lipinski definition) is 2. The van der Waals surface area contributed by atoms with Gasteiger partial charge in [0.25, 0.3) is 11.8 Å². The minimum atomic E-state index is -3.68. The van der Waals surface area contributed by atoms with E-state index in [1.807, 2.05) is 19.9 Å². The second kappa shape index (κ2) is 11.1. The Bertz CT molecular complexity index is 1440. The summed E-state index contributed by atoms with van der Waals surface area (Å²) in [5, 5.41) is 14.0. The highest BCUT2D eigenvalue weighted by Crippen LogP contribution is 2.50. The van der Waals surface area contributed by atoms with Crippen LogP contribution in [0.2, 0.25) is 0 Å². The van der Waals surface area contributed by atoms with Crippen LogP contribution in [0.25, 0.3) is 5.57 Å². The number of rotatable bonds is 8. The van der Waals surface area contributed by atoms with Gasteiger partial charge in [-0.05, 0) is 67.8 Å². The van der Waals surface area contributed by atoms with Crippen molar-refractivity contribution in [3.8, 4) is 11.8 Å². The Morgan fingerprint density at radius 3 is 2.26 bits per heavy atom. The van der Waals surface area contributed by atoms with Gasteiger partial charge in [-0.1, -0.05) is 55.3 Å². The van der Waals surface area contributed by atoms with E-state index in [1.54, 1.807) is 24.3 Å². The molecule has 8 heteroatoms. The predicted octanol–water partition coefficient (Wildman–Crippen LogP) is 6.12. The largest absolute Gasteiger partial charge is 0.494 e. The number of ether oxygens (including phenoxy) is 1. The van der Waals surface area contributed by atoms with E-state index in [0.717, 1.165) is 18.4 Å². The van der Waals surface area contributed by atoms with Crippen LogP contribution in [0.5, 0.6) is 5.75 Å². The summed E-state index contributed by atoms with van der Waals surface area (Å²) in [7, 11) is 0.